The molecule has 0 spiro atoms. The molecule has 0 radical (unpaired) electrons. The van der Waals surface area contributed by atoms with Gasteiger partial charge in [-0.25, -0.2) is 4.72 Å². The van der Waals surface area contributed by atoms with E-state index in [9.17, 15) is 4.55 Å². The smallest absolute Gasteiger partial charge is 0.151 e. The Hall–Kier alpha value is -0.150. The molecule has 3 heteroatoms. The van der Waals surface area contributed by atoms with Crippen LogP contribution < -0.4 is 4.72 Å². The van der Waals surface area contributed by atoms with Crippen molar-refractivity contribution in [3.63, 3.8) is 0 Å². The summed E-state index contributed by atoms with van der Waals surface area (Å²) in [6.07, 6.45) is 1.93. The van der Waals surface area contributed by atoms with Gasteiger partial charge in [-0.1, -0.05) is 0 Å². The van der Waals surface area contributed by atoms with Crippen molar-refractivity contribution in [2.45, 2.75) is 6.92 Å². The largest absolute Gasteiger partial charge is 0.593 e. The molecule has 1 atom stereocenters. The van der Waals surface area contributed by atoms with E-state index in [-0.39, 0.29) is 0 Å². The summed E-state index contributed by atoms with van der Waals surface area (Å²) in [7, 11) is 0. The van der Waals surface area contributed by atoms with Crippen LogP contribution in [0, 0.1) is 0 Å². The maximum atomic E-state index is 10.4. The predicted octanol–water partition coefficient (Wildman–Crippen LogP) is 0.157. The van der Waals surface area contributed by atoms with E-state index in [1.165, 1.54) is 0 Å². The maximum absolute atomic E-state index is 10.4. The van der Waals surface area contributed by atoms with Gasteiger partial charge in [0, 0.05) is 0 Å². The third-order valence-electron chi connectivity index (χ3n) is 0.816. The zero-order valence-corrected chi connectivity index (χ0v) is 4.92. The van der Waals surface area contributed by atoms with Crippen molar-refractivity contribution in [1.82, 2.24) is 4.72 Å². The molecule has 0 aromatic rings. The summed E-state index contributed by atoms with van der Waals surface area (Å²) in [4.78, 5) is 0. The van der Waals surface area contributed by atoms with Crippen LogP contribution in [0.3, 0.4) is 0 Å². The summed E-state index contributed by atoms with van der Waals surface area (Å²) < 4.78 is 13.2. The summed E-state index contributed by atoms with van der Waals surface area (Å²) in [6, 6.07) is 0. The van der Waals surface area contributed by atoms with E-state index in [4.69, 9.17) is 0 Å². The van der Waals surface area contributed by atoms with E-state index in [2.05, 4.69) is 4.72 Å². The van der Waals surface area contributed by atoms with E-state index in [1.807, 2.05) is 13.0 Å². The SMILES string of the molecule is CC1=CC[S+]([O-])N1. The molecule has 40 valence electrons. The fourth-order valence-corrected chi connectivity index (χ4v) is 1.39. The van der Waals surface area contributed by atoms with E-state index < -0.39 is 11.4 Å². The lowest BCUT2D eigenvalue weighted by Gasteiger charge is -1.99. The number of nitrogens with one attached hydrogen (secondary N) is 1. The van der Waals surface area contributed by atoms with Crippen molar-refractivity contribution in [3.05, 3.63) is 11.8 Å². The van der Waals surface area contributed by atoms with Gasteiger partial charge in [-0.2, -0.15) is 0 Å². The van der Waals surface area contributed by atoms with Gasteiger partial charge >= 0.3 is 0 Å². The third kappa shape index (κ3) is 1.11. The monoisotopic (exact) mass is 117 g/mol. The second-order valence-electron chi connectivity index (χ2n) is 1.50. The van der Waals surface area contributed by atoms with Crippen molar-refractivity contribution in [3.8, 4) is 0 Å². The lowest BCUT2D eigenvalue weighted by molar-refractivity contribution is 0.594. The topological polar surface area (TPSA) is 35.1 Å². The Morgan fingerprint density at radius 1 is 2.00 bits per heavy atom. The summed E-state index contributed by atoms with van der Waals surface area (Å²) >= 11 is -0.796. The molecule has 0 aromatic heterocycles. The van der Waals surface area contributed by atoms with Crippen LogP contribution >= 0.6 is 0 Å². The zero-order chi connectivity index (χ0) is 5.28. The Morgan fingerprint density at radius 2 is 2.71 bits per heavy atom. The lowest BCUT2D eigenvalue weighted by Crippen LogP contribution is -2.16. The molecule has 0 bridgehead atoms. The minimum atomic E-state index is -0.796. The first-order chi connectivity index (χ1) is 3.29. The zero-order valence-electron chi connectivity index (χ0n) is 4.10. The fourth-order valence-electron chi connectivity index (χ4n) is 0.464. The molecular formula is C4H7NOS. The summed E-state index contributed by atoms with van der Waals surface area (Å²) in [5, 5.41) is 0. The number of rotatable bonds is 0. The minimum Gasteiger partial charge on any atom is -0.593 e. The van der Waals surface area contributed by atoms with Gasteiger partial charge in [0.05, 0.1) is 17.1 Å². The predicted molar refractivity (Wildman–Crippen MR) is 29.9 cm³/mol. The quantitative estimate of drug-likeness (QED) is 0.458. The molecule has 1 unspecified atom stereocenters. The van der Waals surface area contributed by atoms with Crippen LogP contribution in [0.1, 0.15) is 6.92 Å². The summed E-state index contributed by atoms with van der Waals surface area (Å²) in [6.45, 7) is 1.91. The van der Waals surface area contributed by atoms with Gasteiger partial charge in [0.25, 0.3) is 0 Å². The minimum absolute atomic E-state index is 0.672. The Morgan fingerprint density at radius 3 is 2.86 bits per heavy atom. The Bertz CT molecular complexity index is 102. The van der Waals surface area contributed by atoms with Gasteiger partial charge < -0.3 is 4.55 Å². The molecule has 1 heterocycles. The molecule has 0 saturated carbocycles. The van der Waals surface area contributed by atoms with E-state index in [1.54, 1.807) is 0 Å². The van der Waals surface area contributed by atoms with Crippen LogP contribution in [0.25, 0.3) is 0 Å². The van der Waals surface area contributed by atoms with E-state index >= 15 is 0 Å². The molecule has 1 aliphatic rings. The Labute approximate surface area is 45.9 Å². The highest BCUT2D eigenvalue weighted by Gasteiger charge is 2.10. The van der Waals surface area contributed by atoms with E-state index in [0.717, 1.165) is 5.70 Å². The van der Waals surface area contributed by atoms with Crippen LogP contribution in [0.4, 0.5) is 0 Å². The molecular weight excluding hydrogens is 110 g/mol. The average molecular weight is 117 g/mol. The van der Waals surface area contributed by atoms with Crippen LogP contribution in [-0.2, 0) is 11.4 Å². The Kier molecular flexibility index (Phi) is 1.25. The lowest BCUT2D eigenvalue weighted by atomic mass is 10.5. The van der Waals surface area contributed by atoms with Crippen molar-refractivity contribution >= 4 is 11.4 Å². The summed E-state index contributed by atoms with van der Waals surface area (Å²) in [5.74, 6) is 0.672. The highest BCUT2D eigenvalue weighted by molar-refractivity contribution is 7.90. The third-order valence-corrected chi connectivity index (χ3v) is 1.83. The second kappa shape index (κ2) is 1.76. The molecule has 2 nitrogen and oxygen atoms in total. The molecule has 7 heavy (non-hydrogen) atoms. The second-order valence-corrected chi connectivity index (χ2v) is 2.73. The van der Waals surface area contributed by atoms with Gasteiger partial charge in [0.2, 0.25) is 0 Å². The van der Waals surface area contributed by atoms with E-state index in [0.29, 0.717) is 5.75 Å². The highest BCUT2D eigenvalue weighted by Crippen LogP contribution is 2.01. The van der Waals surface area contributed by atoms with Crippen molar-refractivity contribution in [2.24, 2.45) is 0 Å². The number of hydrogen-bond donors (Lipinski definition) is 1. The first-order valence-electron chi connectivity index (χ1n) is 2.11. The Balaban J connectivity index is 2.42. The molecule has 1 aliphatic heterocycles. The molecule has 1 rings (SSSR count). The van der Waals surface area contributed by atoms with Crippen LogP contribution in [0.5, 0.6) is 0 Å². The summed E-state index contributed by atoms with van der Waals surface area (Å²) in [5.41, 5.74) is 1.03. The van der Waals surface area contributed by atoms with Crippen molar-refractivity contribution in [1.29, 1.82) is 0 Å². The van der Waals surface area contributed by atoms with Gasteiger partial charge in [-0.3, -0.25) is 0 Å². The molecule has 0 aliphatic carbocycles. The van der Waals surface area contributed by atoms with Crippen molar-refractivity contribution in [2.75, 3.05) is 5.75 Å². The van der Waals surface area contributed by atoms with Crippen LogP contribution in [0.15, 0.2) is 11.8 Å². The number of allylic oxidation sites excluding steroid dienone is 1. The first kappa shape index (κ1) is 5.00. The first-order valence-corrected chi connectivity index (χ1v) is 3.43. The standard InChI is InChI=1S/C4H7NOS/c1-4-2-3-7(6)5-4/h2,5H,3H2,1H3. The van der Waals surface area contributed by atoms with Crippen LogP contribution in [-0.4, -0.2) is 10.3 Å². The maximum Gasteiger partial charge on any atom is 0.151 e. The van der Waals surface area contributed by atoms with Crippen LogP contribution in [0.2, 0.25) is 0 Å². The molecule has 0 fully saturated rings. The normalized spacial score (nSPS) is 29.4. The fraction of sp³-hybridized carbons (Fsp3) is 0.500. The molecule has 0 aromatic carbocycles. The highest BCUT2D eigenvalue weighted by atomic mass is 32.2. The molecule has 0 amide bonds. The molecule has 1 N–H and O–H groups in total. The van der Waals surface area contributed by atoms with Gasteiger partial charge in [0.1, 0.15) is 0 Å². The average Bonchev–Trinajstić information content (AvgIpc) is 1.87. The van der Waals surface area contributed by atoms with Gasteiger partial charge in [-0.05, 0) is 13.0 Å². The van der Waals surface area contributed by atoms with Gasteiger partial charge in [-0.15, -0.1) is 0 Å². The van der Waals surface area contributed by atoms with Crippen molar-refractivity contribution < 1.29 is 4.55 Å². The number of hydrogen-bond acceptors (Lipinski definition) is 2. The van der Waals surface area contributed by atoms with Gasteiger partial charge in [0.15, 0.2) is 5.75 Å². The molecule has 0 saturated heterocycles.